The molecule has 3 aliphatic heterocycles. The molecule has 1 aromatic rings. The fourth-order valence-corrected chi connectivity index (χ4v) is 4.78. The number of hydrogen-bond donors (Lipinski definition) is 3. The van der Waals surface area contributed by atoms with E-state index < -0.39 is 58.6 Å². The number of nitrogens with one attached hydrogen (secondary N) is 2. The van der Waals surface area contributed by atoms with E-state index in [1.54, 1.807) is 20.8 Å². The number of carbonyl (C=O) groups excluding carboxylic acids is 3. The minimum atomic E-state index is -1.59. The Morgan fingerprint density at radius 3 is 2.48 bits per heavy atom. The first-order chi connectivity index (χ1) is 12.5. The van der Waals surface area contributed by atoms with E-state index in [4.69, 9.17) is 0 Å². The van der Waals surface area contributed by atoms with Crippen molar-refractivity contribution in [2.75, 3.05) is 5.32 Å². The van der Waals surface area contributed by atoms with Crippen LogP contribution in [0.15, 0.2) is 18.2 Å². The summed E-state index contributed by atoms with van der Waals surface area (Å²) in [7, 11) is 0. The molecule has 0 aromatic heterocycles. The highest BCUT2D eigenvalue weighted by molar-refractivity contribution is 6.15. The molecular weight excluding hydrogens is 353 g/mol. The third-order valence-electron chi connectivity index (χ3n) is 5.80. The number of anilines is 1. The normalized spacial score (nSPS) is 33.5. The van der Waals surface area contributed by atoms with Crippen molar-refractivity contribution in [3.63, 3.8) is 0 Å². The molecule has 3 N–H and O–H groups in total. The predicted octanol–water partition coefficient (Wildman–Crippen LogP) is 0.725. The van der Waals surface area contributed by atoms with E-state index in [9.17, 15) is 23.9 Å². The largest absolute Gasteiger partial charge is 0.392 e. The number of amides is 3. The predicted molar refractivity (Wildman–Crippen MR) is 93.9 cm³/mol. The minimum Gasteiger partial charge on any atom is -0.392 e. The highest BCUT2D eigenvalue weighted by atomic mass is 19.1. The van der Waals surface area contributed by atoms with Crippen LogP contribution in [0.3, 0.4) is 0 Å². The van der Waals surface area contributed by atoms with Gasteiger partial charge in [0.2, 0.25) is 17.7 Å². The molecule has 1 aromatic carbocycles. The van der Waals surface area contributed by atoms with Crippen LogP contribution in [-0.2, 0) is 19.9 Å². The highest BCUT2D eigenvalue weighted by Gasteiger charge is 2.72. The molecule has 8 heteroatoms. The average Bonchev–Trinajstić information content (AvgIpc) is 3.13. The summed E-state index contributed by atoms with van der Waals surface area (Å²) in [5.41, 5.74) is -1.67. The fraction of sp³-hybridized carbons (Fsp3) is 0.526. The summed E-state index contributed by atoms with van der Waals surface area (Å²) in [5.74, 6) is -3.93. The molecule has 0 bridgehead atoms. The molecule has 3 amide bonds. The number of benzene rings is 1. The van der Waals surface area contributed by atoms with Crippen LogP contribution in [0, 0.1) is 17.7 Å². The number of likely N-dealkylation sites (tertiary alicyclic amines) is 1. The first-order valence-electron chi connectivity index (χ1n) is 8.95. The highest BCUT2D eigenvalue weighted by Crippen LogP contribution is 2.54. The Kier molecular flexibility index (Phi) is 3.58. The van der Waals surface area contributed by atoms with Crippen LogP contribution >= 0.6 is 0 Å². The second-order valence-corrected chi connectivity index (χ2v) is 8.55. The molecule has 2 fully saturated rings. The Labute approximate surface area is 155 Å². The maximum Gasteiger partial charge on any atom is 0.250 e. The number of aliphatic hydroxyl groups excluding tert-OH is 1. The number of rotatable bonds is 1. The Morgan fingerprint density at radius 1 is 1.22 bits per heavy atom. The summed E-state index contributed by atoms with van der Waals surface area (Å²) in [6.45, 7) is 6.72. The van der Waals surface area contributed by atoms with E-state index in [-0.39, 0.29) is 0 Å². The molecule has 0 radical (unpaired) electrons. The van der Waals surface area contributed by atoms with Crippen molar-refractivity contribution in [3.8, 4) is 0 Å². The molecule has 5 unspecified atom stereocenters. The van der Waals surface area contributed by atoms with Gasteiger partial charge < -0.3 is 10.4 Å². The Morgan fingerprint density at radius 2 is 1.89 bits per heavy atom. The van der Waals surface area contributed by atoms with Gasteiger partial charge in [-0.2, -0.15) is 0 Å². The van der Waals surface area contributed by atoms with Gasteiger partial charge in [0, 0.05) is 22.8 Å². The molecule has 0 aliphatic carbocycles. The smallest absolute Gasteiger partial charge is 0.250 e. The van der Waals surface area contributed by atoms with Gasteiger partial charge in [-0.15, -0.1) is 0 Å². The Bertz CT molecular complexity index is 878. The zero-order valence-electron chi connectivity index (χ0n) is 15.5. The number of nitrogens with zero attached hydrogens (tertiary/aromatic N) is 1. The van der Waals surface area contributed by atoms with Crippen molar-refractivity contribution in [3.05, 3.63) is 29.6 Å². The molecule has 4 rings (SSSR count). The van der Waals surface area contributed by atoms with Crippen molar-refractivity contribution >= 4 is 23.4 Å². The van der Waals surface area contributed by atoms with Gasteiger partial charge in [0.1, 0.15) is 11.4 Å². The quantitative estimate of drug-likeness (QED) is 0.629. The fourth-order valence-electron chi connectivity index (χ4n) is 4.78. The number of halogens is 1. The molecule has 144 valence electrons. The number of hydrogen-bond acceptors (Lipinski definition) is 5. The summed E-state index contributed by atoms with van der Waals surface area (Å²) < 4.78 is 14.0. The molecule has 5 atom stereocenters. The first kappa shape index (κ1) is 18.1. The number of aliphatic hydroxyl groups is 1. The third kappa shape index (κ3) is 2.17. The van der Waals surface area contributed by atoms with E-state index in [0.29, 0.717) is 11.3 Å². The molecule has 1 spiro atoms. The molecule has 27 heavy (non-hydrogen) atoms. The van der Waals surface area contributed by atoms with E-state index in [1.165, 1.54) is 30.0 Å². The SMILES string of the molecule is CC(O)C1NC2(C(=O)Nc3ccc(F)cc32)C2C(=O)N(C(C)(C)C)C(=O)C12. The molecule has 3 heterocycles. The van der Waals surface area contributed by atoms with E-state index in [2.05, 4.69) is 10.6 Å². The van der Waals surface area contributed by atoms with Gasteiger partial charge in [0.25, 0.3) is 0 Å². The summed E-state index contributed by atoms with van der Waals surface area (Å²) in [4.78, 5) is 40.7. The lowest BCUT2D eigenvalue weighted by molar-refractivity contribution is -0.148. The van der Waals surface area contributed by atoms with Gasteiger partial charge >= 0.3 is 0 Å². The van der Waals surface area contributed by atoms with Crippen molar-refractivity contribution in [2.24, 2.45) is 11.8 Å². The first-order valence-corrected chi connectivity index (χ1v) is 8.95. The number of carbonyl (C=O) groups is 3. The molecular formula is C19H22FN3O4. The minimum absolute atomic E-state index is 0.294. The van der Waals surface area contributed by atoms with E-state index in [1.807, 2.05) is 0 Å². The second kappa shape index (κ2) is 5.36. The lowest BCUT2D eigenvalue weighted by Crippen LogP contribution is -2.57. The monoisotopic (exact) mass is 375 g/mol. The summed E-state index contributed by atoms with van der Waals surface area (Å²) in [5, 5.41) is 16.0. The van der Waals surface area contributed by atoms with Crippen molar-refractivity contribution < 1.29 is 23.9 Å². The van der Waals surface area contributed by atoms with Crippen molar-refractivity contribution in [1.29, 1.82) is 0 Å². The van der Waals surface area contributed by atoms with Crippen LogP contribution in [-0.4, -0.2) is 45.4 Å². The van der Waals surface area contributed by atoms with Gasteiger partial charge in [0.05, 0.1) is 17.9 Å². The lowest BCUT2D eigenvalue weighted by Gasteiger charge is -2.35. The van der Waals surface area contributed by atoms with Gasteiger partial charge in [0.15, 0.2) is 0 Å². The van der Waals surface area contributed by atoms with Crippen LogP contribution in [0.25, 0.3) is 0 Å². The number of imide groups is 1. The van der Waals surface area contributed by atoms with Crippen LogP contribution in [0.4, 0.5) is 10.1 Å². The molecule has 7 nitrogen and oxygen atoms in total. The maximum atomic E-state index is 14.0. The van der Waals surface area contributed by atoms with Crippen LogP contribution < -0.4 is 10.6 Å². The molecule has 0 saturated carbocycles. The Balaban J connectivity index is 1.95. The summed E-state index contributed by atoms with van der Waals surface area (Å²) >= 11 is 0. The number of fused-ring (bicyclic) bond motifs is 4. The van der Waals surface area contributed by atoms with E-state index >= 15 is 0 Å². The van der Waals surface area contributed by atoms with Gasteiger partial charge in [-0.1, -0.05) is 0 Å². The van der Waals surface area contributed by atoms with Gasteiger partial charge in [-0.25, -0.2) is 4.39 Å². The summed E-state index contributed by atoms with van der Waals surface area (Å²) in [6.07, 6.45) is -0.987. The van der Waals surface area contributed by atoms with Gasteiger partial charge in [-0.05, 0) is 45.9 Å². The summed E-state index contributed by atoms with van der Waals surface area (Å²) in [6, 6.07) is 3.06. The van der Waals surface area contributed by atoms with Crippen LogP contribution in [0.2, 0.25) is 0 Å². The zero-order chi connectivity index (χ0) is 19.9. The van der Waals surface area contributed by atoms with E-state index in [0.717, 1.165) is 0 Å². The topological polar surface area (TPSA) is 98.7 Å². The van der Waals surface area contributed by atoms with Crippen molar-refractivity contribution in [1.82, 2.24) is 10.2 Å². The lowest BCUT2D eigenvalue weighted by atomic mass is 9.76. The third-order valence-corrected chi connectivity index (χ3v) is 5.80. The molecule has 3 aliphatic rings. The maximum absolute atomic E-state index is 14.0. The average molecular weight is 375 g/mol. The standard InChI is InChI=1S/C19H22FN3O4/c1-8(24)14-12-13(16(26)23(15(12)25)18(2,3)4)19(22-14)10-7-9(20)5-6-11(10)21-17(19)27/h5-8,12-14,22,24H,1-4H3,(H,21,27). The zero-order valence-corrected chi connectivity index (χ0v) is 15.5. The Hall–Kier alpha value is -2.32. The van der Waals surface area contributed by atoms with Crippen LogP contribution in [0.1, 0.15) is 33.3 Å². The van der Waals surface area contributed by atoms with Crippen LogP contribution in [0.5, 0.6) is 0 Å². The second-order valence-electron chi connectivity index (χ2n) is 8.55. The molecule has 2 saturated heterocycles. The van der Waals surface area contributed by atoms with Crippen molar-refractivity contribution in [2.45, 2.75) is 50.9 Å². The van der Waals surface area contributed by atoms with Gasteiger partial charge in [-0.3, -0.25) is 24.6 Å².